The quantitative estimate of drug-likeness (QED) is 0.641. The van der Waals surface area contributed by atoms with E-state index in [9.17, 15) is 4.79 Å². The highest BCUT2D eigenvalue weighted by atomic mass is 16.5. The van der Waals surface area contributed by atoms with Gasteiger partial charge in [0.25, 0.3) is 0 Å². The number of aromatic nitrogens is 2. The average molecular weight is 348 g/mol. The van der Waals surface area contributed by atoms with Crippen molar-refractivity contribution in [3.05, 3.63) is 72.1 Å². The van der Waals surface area contributed by atoms with Gasteiger partial charge in [0.15, 0.2) is 0 Å². The summed E-state index contributed by atoms with van der Waals surface area (Å²) in [6.07, 6.45) is 1.49. The Morgan fingerprint density at radius 3 is 2.31 bits per heavy atom. The average Bonchev–Trinajstić information content (AvgIpc) is 2.63. The van der Waals surface area contributed by atoms with Gasteiger partial charge >= 0.3 is 5.97 Å². The third-order valence-electron chi connectivity index (χ3n) is 3.63. The molecule has 0 unspecified atom stereocenters. The maximum Gasteiger partial charge on any atom is 0.338 e. The molecule has 6 nitrogen and oxygen atoms in total. The van der Waals surface area contributed by atoms with Gasteiger partial charge < -0.3 is 15.4 Å². The molecular weight excluding hydrogens is 328 g/mol. The third kappa shape index (κ3) is 4.57. The van der Waals surface area contributed by atoms with E-state index in [4.69, 9.17) is 4.74 Å². The first kappa shape index (κ1) is 17.4. The van der Waals surface area contributed by atoms with E-state index in [-0.39, 0.29) is 5.97 Å². The van der Waals surface area contributed by atoms with Crippen molar-refractivity contribution in [3.63, 3.8) is 0 Å². The van der Waals surface area contributed by atoms with Gasteiger partial charge in [-0.1, -0.05) is 12.1 Å². The molecule has 3 aromatic rings. The van der Waals surface area contributed by atoms with Gasteiger partial charge in [0, 0.05) is 17.4 Å². The van der Waals surface area contributed by atoms with Crippen LogP contribution in [0.25, 0.3) is 0 Å². The minimum atomic E-state index is -0.328. The monoisotopic (exact) mass is 348 g/mol. The van der Waals surface area contributed by atoms with Crippen LogP contribution in [0, 0.1) is 6.92 Å². The summed E-state index contributed by atoms with van der Waals surface area (Å²) in [5.74, 6) is 1.01. The summed E-state index contributed by atoms with van der Waals surface area (Å²) in [4.78, 5) is 20.2. The van der Waals surface area contributed by atoms with E-state index >= 15 is 0 Å². The van der Waals surface area contributed by atoms with Crippen LogP contribution in [0.2, 0.25) is 0 Å². The zero-order valence-corrected chi connectivity index (χ0v) is 14.7. The summed E-state index contributed by atoms with van der Waals surface area (Å²) in [6.45, 7) is 4.18. The van der Waals surface area contributed by atoms with Crippen LogP contribution in [0.15, 0.2) is 60.9 Å². The number of benzene rings is 2. The standard InChI is InChI=1S/C20H20N4O2/c1-3-26-20(25)15-7-9-16(10-8-15)23-18-12-19(22-13-21-18)24-17-6-4-5-14(2)11-17/h4-13H,3H2,1-2H3,(H2,21,22,23,24). The number of hydrogen-bond acceptors (Lipinski definition) is 6. The Labute approximate surface area is 152 Å². The van der Waals surface area contributed by atoms with Crippen LogP contribution in [0.5, 0.6) is 0 Å². The van der Waals surface area contributed by atoms with E-state index in [1.54, 1.807) is 19.1 Å². The highest BCUT2D eigenvalue weighted by Gasteiger charge is 2.06. The minimum absolute atomic E-state index is 0.328. The minimum Gasteiger partial charge on any atom is -0.462 e. The number of esters is 1. The van der Waals surface area contributed by atoms with Crippen molar-refractivity contribution >= 4 is 29.0 Å². The van der Waals surface area contributed by atoms with E-state index in [1.165, 1.54) is 11.9 Å². The number of rotatable bonds is 6. The molecule has 0 bridgehead atoms. The Morgan fingerprint density at radius 2 is 1.65 bits per heavy atom. The molecule has 1 aromatic heterocycles. The van der Waals surface area contributed by atoms with E-state index in [1.807, 2.05) is 49.4 Å². The number of hydrogen-bond donors (Lipinski definition) is 2. The fraction of sp³-hybridized carbons (Fsp3) is 0.150. The summed E-state index contributed by atoms with van der Waals surface area (Å²) >= 11 is 0. The van der Waals surface area contributed by atoms with Crippen molar-refractivity contribution in [2.24, 2.45) is 0 Å². The summed E-state index contributed by atoms with van der Waals surface area (Å²) in [5.41, 5.74) is 3.47. The maximum atomic E-state index is 11.7. The molecule has 0 aliphatic rings. The van der Waals surface area contributed by atoms with Crippen molar-refractivity contribution in [2.75, 3.05) is 17.2 Å². The second-order valence-electron chi connectivity index (χ2n) is 5.71. The van der Waals surface area contributed by atoms with Gasteiger partial charge in [-0.05, 0) is 55.8 Å². The molecule has 1 heterocycles. The second-order valence-corrected chi connectivity index (χ2v) is 5.71. The summed E-state index contributed by atoms with van der Waals surface area (Å²) in [7, 11) is 0. The Kier molecular flexibility index (Phi) is 5.43. The van der Waals surface area contributed by atoms with Crippen LogP contribution in [0.3, 0.4) is 0 Å². The number of anilines is 4. The van der Waals surface area contributed by atoms with Gasteiger partial charge in [0.05, 0.1) is 12.2 Å². The molecule has 0 radical (unpaired) electrons. The Balaban J connectivity index is 1.69. The van der Waals surface area contributed by atoms with Crippen molar-refractivity contribution in [3.8, 4) is 0 Å². The Bertz CT molecular complexity index is 894. The summed E-state index contributed by atoms with van der Waals surface area (Å²) < 4.78 is 4.98. The molecule has 2 N–H and O–H groups in total. The zero-order valence-electron chi connectivity index (χ0n) is 14.7. The van der Waals surface area contributed by atoms with E-state index in [0.717, 1.165) is 11.4 Å². The molecule has 0 aliphatic heterocycles. The molecule has 0 amide bonds. The van der Waals surface area contributed by atoms with Crippen LogP contribution < -0.4 is 10.6 Å². The normalized spacial score (nSPS) is 10.2. The van der Waals surface area contributed by atoms with Crippen molar-refractivity contribution in [1.82, 2.24) is 9.97 Å². The molecule has 0 atom stereocenters. The lowest BCUT2D eigenvalue weighted by Gasteiger charge is -2.09. The first-order valence-electron chi connectivity index (χ1n) is 8.34. The predicted molar refractivity (Wildman–Crippen MR) is 102 cm³/mol. The van der Waals surface area contributed by atoms with Crippen molar-refractivity contribution in [1.29, 1.82) is 0 Å². The van der Waals surface area contributed by atoms with Crippen LogP contribution in [-0.4, -0.2) is 22.5 Å². The van der Waals surface area contributed by atoms with Crippen LogP contribution in [0.1, 0.15) is 22.8 Å². The van der Waals surface area contributed by atoms with Gasteiger partial charge in [-0.3, -0.25) is 0 Å². The lowest BCUT2D eigenvalue weighted by atomic mass is 10.2. The van der Waals surface area contributed by atoms with Gasteiger partial charge in [0.2, 0.25) is 0 Å². The molecule has 0 fully saturated rings. The Hall–Kier alpha value is -3.41. The Morgan fingerprint density at radius 1 is 0.962 bits per heavy atom. The lowest BCUT2D eigenvalue weighted by Crippen LogP contribution is -2.04. The predicted octanol–water partition coefficient (Wildman–Crippen LogP) is 4.45. The first-order chi connectivity index (χ1) is 12.6. The molecule has 0 saturated heterocycles. The number of nitrogens with zero attached hydrogens (tertiary/aromatic N) is 2. The summed E-state index contributed by atoms with van der Waals surface area (Å²) in [5, 5.41) is 6.45. The topological polar surface area (TPSA) is 76.1 Å². The second kappa shape index (κ2) is 8.11. The number of carbonyl (C=O) groups excluding carboxylic acids is 1. The largest absolute Gasteiger partial charge is 0.462 e. The van der Waals surface area contributed by atoms with Gasteiger partial charge in [-0.25, -0.2) is 14.8 Å². The number of nitrogens with one attached hydrogen (secondary N) is 2. The fourth-order valence-electron chi connectivity index (χ4n) is 2.42. The molecule has 132 valence electrons. The number of carbonyl (C=O) groups is 1. The molecule has 2 aromatic carbocycles. The highest BCUT2D eigenvalue weighted by Crippen LogP contribution is 2.20. The van der Waals surface area contributed by atoms with Gasteiger partial charge in [0.1, 0.15) is 18.0 Å². The molecule has 26 heavy (non-hydrogen) atoms. The lowest BCUT2D eigenvalue weighted by molar-refractivity contribution is 0.0526. The maximum absolute atomic E-state index is 11.7. The third-order valence-corrected chi connectivity index (χ3v) is 3.63. The van der Waals surface area contributed by atoms with Crippen molar-refractivity contribution < 1.29 is 9.53 Å². The number of ether oxygens (including phenoxy) is 1. The van der Waals surface area contributed by atoms with Crippen LogP contribution >= 0.6 is 0 Å². The smallest absolute Gasteiger partial charge is 0.338 e. The van der Waals surface area contributed by atoms with E-state index < -0.39 is 0 Å². The fourth-order valence-corrected chi connectivity index (χ4v) is 2.42. The van der Waals surface area contributed by atoms with Crippen molar-refractivity contribution in [2.45, 2.75) is 13.8 Å². The van der Waals surface area contributed by atoms with Gasteiger partial charge in [-0.2, -0.15) is 0 Å². The van der Waals surface area contributed by atoms with Crippen LogP contribution in [-0.2, 0) is 4.74 Å². The highest BCUT2D eigenvalue weighted by molar-refractivity contribution is 5.89. The van der Waals surface area contributed by atoms with Crippen LogP contribution in [0.4, 0.5) is 23.0 Å². The van der Waals surface area contributed by atoms with E-state index in [0.29, 0.717) is 23.8 Å². The molecule has 6 heteroatoms. The molecular formula is C20H20N4O2. The first-order valence-corrected chi connectivity index (χ1v) is 8.34. The number of aryl methyl sites for hydroxylation is 1. The zero-order chi connectivity index (χ0) is 18.4. The SMILES string of the molecule is CCOC(=O)c1ccc(Nc2cc(Nc3cccc(C)c3)ncn2)cc1. The van der Waals surface area contributed by atoms with Gasteiger partial charge in [-0.15, -0.1) is 0 Å². The van der Waals surface area contributed by atoms with E-state index in [2.05, 4.69) is 20.6 Å². The molecule has 0 saturated carbocycles. The molecule has 0 aliphatic carbocycles. The summed E-state index contributed by atoms with van der Waals surface area (Å²) in [6, 6.07) is 16.9. The molecule has 3 rings (SSSR count). The molecule has 0 spiro atoms.